The molecule has 1 rings (SSSR count). The van der Waals surface area contributed by atoms with Gasteiger partial charge in [0.05, 0.1) is 14.2 Å². The van der Waals surface area contributed by atoms with Crippen molar-refractivity contribution in [3.63, 3.8) is 0 Å². The van der Waals surface area contributed by atoms with Crippen molar-refractivity contribution in [1.82, 2.24) is 5.32 Å². The van der Waals surface area contributed by atoms with Gasteiger partial charge in [0.25, 0.3) is 0 Å². The average molecular weight is 425 g/mol. The first-order valence-corrected chi connectivity index (χ1v) is 9.39. The number of nitrogens with one attached hydrogen (secondary N) is 1. The zero-order valence-corrected chi connectivity index (χ0v) is 18.8. The molecule has 0 saturated heterocycles. The fourth-order valence-corrected chi connectivity index (χ4v) is 2.33. The molecule has 0 heterocycles. The summed E-state index contributed by atoms with van der Waals surface area (Å²) in [6.45, 7) is 10.3. The summed E-state index contributed by atoms with van der Waals surface area (Å²) >= 11 is 0. The Morgan fingerprint density at radius 2 is 1.57 bits per heavy atom. The van der Waals surface area contributed by atoms with Gasteiger partial charge in [-0.25, -0.2) is 14.4 Å². The van der Waals surface area contributed by atoms with Gasteiger partial charge in [-0.05, 0) is 53.2 Å². The molecule has 9 nitrogen and oxygen atoms in total. The highest BCUT2D eigenvalue weighted by Crippen LogP contribution is 2.27. The van der Waals surface area contributed by atoms with Crippen LogP contribution >= 0.6 is 0 Å². The van der Waals surface area contributed by atoms with E-state index in [1.54, 1.807) is 47.6 Å². The van der Waals surface area contributed by atoms with Gasteiger partial charge < -0.3 is 29.0 Å². The van der Waals surface area contributed by atoms with E-state index in [0.717, 1.165) is 0 Å². The monoisotopic (exact) mass is 425 g/mol. The van der Waals surface area contributed by atoms with E-state index >= 15 is 0 Å². The SMILES string of the molecule is COC(=O)[C@H](Cc1ccc(OC(=O)OC(C)(C)C)cc1OC)NC(=O)OC(C)(C)C. The summed E-state index contributed by atoms with van der Waals surface area (Å²) in [6.07, 6.45) is -1.53. The van der Waals surface area contributed by atoms with Crippen LogP contribution in [0.2, 0.25) is 0 Å². The molecule has 0 saturated carbocycles. The summed E-state index contributed by atoms with van der Waals surface area (Å²) in [5.41, 5.74) is -0.828. The molecule has 30 heavy (non-hydrogen) atoms. The first-order chi connectivity index (χ1) is 13.7. The zero-order valence-electron chi connectivity index (χ0n) is 18.8. The van der Waals surface area contributed by atoms with Crippen LogP contribution < -0.4 is 14.8 Å². The van der Waals surface area contributed by atoms with Crippen LogP contribution in [0.4, 0.5) is 9.59 Å². The molecule has 1 aromatic carbocycles. The van der Waals surface area contributed by atoms with Gasteiger partial charge in [0.2, 0.25) is 0 Å². The van der Waals surface area contributed by atoms with E-state index in [-0.39, 0.29) is 12.2 Å². The molecular formula is C21H31NO8. The van der Waals surface area contributed by atoms with E-state index in [1.807, 2.05) is 0 Å². The maximum absolute atomic E-state index is 12.1. The lowest BCUT2D eigenvalue weighted by Crippen LogP contribution is -2.45. The van der Waals surface area contributed by atoms with Crippen LogP contribution in [0.15, 0.2) is 18.2 Å². The smallest absolute Gasteiger partial charge is 0.496 e. The van der Waals surface area contributed by atoms with Crippen molar-refractivity contribution in [3.05, 3.63) is 23.8 Å². The van der Waals surface area contributed by atoms with Crippen LogP contribution in [0.5, 0.6) is 11.5 Å². The van der Waals surface area contributed by atoms with Crippen molar-refractivity contribution in [3.8, 4) is 11.5 Å². The second-order valence-electron chi connectivity index (χ2n) is 8.47. The van der Waals surface area contributed by atoms with Crippen molar-refractivity contribution in [2.45, 2.75) is 65.2 Å². The molecule has 0 radical (unpaired) electrons. The Hall–Kier alpha value is -2.97. The van der Waals surface area contributed by atoms with Gasteiger partial charge >= 0.3 is 18.2 Å². The van der Waals surface area contributed by atoms with E-state index in [2.05, 4.69) is 5.32 Å². The Kier molecular flexibility index (Phi) is 8.50. The minimum Gasteiger partial charge on any atom is -0.496 e. The van der Waals surface area contributed by atoms with Gasteiger partial charge in [0.15, 0.2) is 0 Å². The Morgan fingerprint density at radius 3 is 2.07 bits per heavy atom. The van der Waals surface area contributed by atoms with E-state index < -0.39 is 35.5 Å². The molecule has 1 N–H and O–H groups in total. The van der Waals surface area contributed by atoms with E-state index in [0.29, 0.717) is 11.3 Å². The summed E-state index contributed by atoms with van der Waals surface area (Å²) in [5, 5.41) is 2.50. The number of rotatable bonds is 6. The highest BCUT2D eigenvalue weighted by Gasteiger charge is 2.27. The number of ether oxygens (including phenoxy) is 5. The molecule has 9 heteroatoms. The Bertz CT molecular complexity index is 761. The summed E-state index contributed by atoms with van der Waals surface area (Å²) in [4.78, 5) is 36.1. The molecule has 0 fully saturated rings. The fraction of sp³-hybridized carbons (Fsp3) is 0.571. The molecule has 1 aromatic rings. The van der Waals surface area contributed by atoms with Crippen LogP contribution in [-0.4, -0.2) is 49.7 Å². The third kappa shape index (κ3) is 9.02. The standard InChI is InChI=1S/C21H31NO8/c1-20(2,3)29-18(24)22-15(17(23)27-8)11-13-9-10-14(12-16(13)26-7)28-19(25)30-21(4,5)6/h9-10,12,15H,11H2,1-8H3,(H,22,24)/t15-/m0/s1. The molecule has 0 aliphatic carbocycles. The Balaban J connectivity index is 2.97. The number of methoxy groups -OCH3 is 2. The Morgan fingerprint density at radius 1 is 0.967 bits per heavy atom. The fourth-order valence-electron chi connectivity index (χ4n) is 2.33. The quantitative estimate of drug-likeness (QED) is 0.418. The number of alkyl carbamates (subject to hydrolysis) is 1. The minimum absolute atomic E-state index is 0.0712. The normalized spacial score (nSPS) is 12.4. The van der Waals surface area contributed by atoms with Crippen LogP contribution in [0.3, 0.4) is 0 Å². The van der Waals surface area contributed by atoms with E-state index in [9.17, 15) is 14.4 Å². The molecule has 168 valence electrons. The summed E-state index contributed by atoms with van der Waals surface area (Å²) in [5.74, 6) is -0.0764. The minimum atomic E-state index is -1.00. The predicted octanol–water partition coefficient (Wildman–Crippen LogP) is 3.62. The van der Waals surface area contributed by atoms with E-state index in [1.165, 1.54) is 26.4 Å². The predicted molar refractivity (Wildman–Crippen MR) is 109 cm³/mol. The molecule has 0 bridgehead atoms. The van der Waals surface area contributed by atoms with Crippen molar-refractivity contribution in [2.75, 3.05) is 14.2 Å². The number of carbonyl (C=O) groups excluding carboxylic acids is 3. The van der Waals surface area contributed by atoms with Crippen molar-refractivity contribution in [1.29, 1.82) is 0 Å². The topological polar surface area (TPSA) is 109 Å². The highest BCUT2D eigenvalue weighted by atomic mass is 16.7. The van der Waals surface area contributed by atoms with Gasteiger partial charge in [-0.15, -0.1) is 0 Å². The molecule has 0 aliphatic rings. The second kappa shape index (κ2) is 10.2. The van der Waals surface area contributed by atoms with Gasteiger partial charge in [0, 0.05) is 12.5 Å². The number of esters is 1. The van der Waals surface area contributed by atoms with Crippen LogP contribution in [0.1, 0.15) is 47.1 Å². The largest absolute Gasteiger partial charge is 0.514 e. The number of amides is 1. The molecular weight excluding hydrogens is 394 g/mol. The number of benzene rings is 1. The first-order valence-electron chi connectivity index (χ1n) is 9.39. The average Bonchev–Trinajstić information content (AvgIpc) is 2.58. The third-order valence-corrected chi connectivity index (χ3v) is 3.45. The number of hydrogen-bond acceptors (Lipinski definition) is 8. The van der Waals surface area contributed by atoms with Gasteiger partial charge in [-0.1, -0.05) is 6.07 Å². The van der Waals surface area contributed by atoms with E-state index in [4.69, 9.17) is 23.7 Å². The summed E-state index contributed by atoms with van der Waals surface area (Å²) < 4.78 is 25.6. The second-order valence-corrected chi connectivity index (χ2v) is 8.47. The van der Waals surface area contributed by atoms with Gasteiger partial charge in [-0.3, -0.25) is 0 Å². The van der Waals surface area contributed by atoms with Crippen LogP contribution in [0.25, 0.3) is 0 Å². The lowest BCUT2D eigenvalue weighted by atomic mass is 10.0. The lowest BCUT2D eigenvalue weighted by molar-refractivity contribution is -0.143. The summed E-state index contributed by atoms with van der Waals surface area (Å²) in [7, 11) is 2.66. The molecule has 0 spiro atoms. The molecule has 0 aliphatic heterocycles. The maximum atomic E-state index is 12.1. The summed E-state index contributed by atoms with van der Waals surface area (Å²) in [6, 6.07) is 3.63. The van der Waals surface area contributed by atoms with Crippen molar-refractivity contribution in [2.24, 2.45) is 0 Å². The molecule has 1 amide bonds. The van der Waals surface area contributed by atoms with Gasteiger partial charge in [-0.2, -0.15) is 0 Å². The third-order valence-electron chi connectivity index (χ3n) is 3.45. The van der Waals surface area contributed by atoms with Crippen molar-refractivity contribution < 1.29 is 38.1 Å². The Labute approximate surface area is 177 Å². The molecule has 0 unspecified atom stereocenters. The highest BCUT2D eigenvalue weighted by molar-refractivity contribution is 5.81. The van der Waals surface area contributed by atoms with Gasteiger partial charge in [0.1, 0.15) is 28.7 Å². The maximum Gasteiger partial charge on any atom is 0.514 e. The zero-order chi connectivity index (χ0) is 23.1. The first kappa shape index (κ1) is 25.1. The number of hydrogen-bond donors (Lipinski definition) is 1. The molecule has 1 atom stereocenters. The van der Waals surface area contributed by atoms with Crippen LogP contribution in [-0.2, 0) is 25.4 Å². The number of carbonyl (C=O) groups is 3. The lowest BCUT2D eigenvalue weighted by Gasteiger charge is -2.23. The van der Waals surface area contributed by atoms with Crippen LogP contribution in [0, 0.1) is 0 Å². The molecule has 0 aromatic heterocycles. The van der Waals surface area contributed by atoms with Crippen molar-refractivity contribution >= 4 is 18.2 Å².